The fourth-order valence-electron chi connectivity index (χ4n) is 3.40. The van der Waals surface area contributed by atoms with Crippen LogP contribution in [0.4, 0.5) is 0 Å². The van der Waals surface area contributed by atoms with Gasteiger partial charge in [0.2, 0.25) is 6.79 Å². The minimum atomic E-state index is -0.247. The van der Waals surface area contributed by atoms with Gasteiger partial charge in [-0.2, -0.15) is 5.10 Å². The highest BCUT2D eigenvalue weighted by Gasteiger charge is 2.28. The third-order valence-electron chi connectivity index (χ3n) is 4.68. The normalized spacial score (nSPS) is 16.5. The summed E-state index contributed by atoms with van der Waals surface area (Å²) in [5, 5.41) is 4.38. The Bertz CT molecular complexity index is 966. The van der Waals surface area contributed by atoms with Crippen LogP contribution in [0.5, 0.6) is 23.0 Å². The van der Waals surface area contributed by atoms with Crippen LogP contribution in [0.15, 0.2) is 40.4 Å². The highest BCUT2D eigenvalue weighted by atomic mass is 16.7. The van der Waals surface area contributed by atoms with Crippen molar-refractivity contribution in [1.82, 2.24) is 5.43 Å². The van der Waals surface area contributed by atoms with Crippen molar-refractivity contribution in [1.29, 1.82) is 0 Å². The highest BCUT2D eigenvalue weighted by molar-refractivity contribution is 6.02. The molecule has 4 rings (SSSR count). The molecule has 0 aliphatic carbocycles. The van der Waals surface area contributed by atoms with Crippen LogP contribution in [-0.2, 0) is 6.42 Å². The second-order valence-electron chi connectivity index (χ2n) is 7.30. The molecule has 2 aliphatic heterocycles. The molecule has 0 bridgehead atoms. The Balaban J connectivity index is 1.61. The number of hydrogen-bond acceptors (Lipinski definition) is 7. The molecule has 146 valence electrons. The molecular formula is C21H23N3O4. The van der Waals surface area contributed by atoms with E-state index in [4.69, 9.17) is 23.9 Å². The molecule has 0 unspecified atom stereocenters. The molecule has 0 spiro atoms. The summed E-state index contributed by atoms with van der Waals surface area (Å²) in [6.45, 7) is 4.44. The maximum Gasteiger partial charge on any atom is 0.231 e. The first-order valence-corrected chi connectivity index (χ1v) is 9.03. The average molecular weight is 381 g/mol. The van der Waals surface area contributed by atoms with Gasteiger partial charge in [-0.25, -0.2) is 0 Å². The van der Waals surface area contributed by atoms with Gasteiger partial charge in [-0.3, -0.25) is 10.4 Å². The smallest absolute Gasteiger partial charge is 0.231 e. The van der Waals surface area contributed by atoms with Crippen LogP contribution < -0.4 is 24.4 Å². The first-order valence-electron chi connectivity index (χ1n) is 9.03. The fourth-order valence-corrected chi connectivity index (χ4v) is 3.40. The third-order valence-corrected chi connectivity index (χ3v) is 4.68. The van der Waals surface area contributed by atoms with Gasteiger partial charge >= 0.3 is 0 Å². The van der Waals surface area contributed by atoms with Gasteiger partial charge in [0.1, 0.15) is 5.84 Å². The van der Waals surface area contributed by atoms with E-state index in [1.165, 1.54) is 0 Å². The molecule has 0 amide bonds. The Hall–Kier alpha value is -3.22. The third kappa shape index (κ3) is 3.47. The number of hydrogen-bond donors (Lipinski definition) is 1. The molecule has 2 aliphatic rings. The Labute approximate surface area is 164 Å². The van der Waals surface area contributed by atoms with E-state index in [0.29, 0.717) is 17.3 Å². The molecule has 7 heteroatoms. The van der Waals surface area contributed by atoms with E-state index in [9.17, 15) is 0 Å². The summed E-state index contributed by atoms with van der Waals surface area (Å²) in [6.07, 6.45) is 2.53. The van der Waals surface area contributed by atoms with Gasteiger partial charge in [0, 0.05) is 5.56 Å². The quantitative estimate of drug-likeness (QED) is 0.651. The van der Waals surface area contributed by atoms with E-state index in [1.807, 2.05) is 30.3 Å². The number of amidine groups is 1. The van der Waals surface area contributed by atoms with Crippen molar-refractivity contribution in [3.05, 3.63) is 47.0 Å². The van der Waals surface area contributed by atoms with Gasteiger partial charge in [0.05, 0.1) is 26.0 Å². The van der Waals surface area contributed by atoms with Gasteiger partial charge in [0.15, 0.2) is 23.0 Å². The van der Waals surface area contributed by atoms with Crippen molar-refractivity contribution in [3.63, 3.8) is 0 Å². The number of methoxy groups -OCH3 is 2. The Morgan fingerprint density at radius 2 is 1.82 bits per heavy atom. The molecule has 28 heavy (non-hydrogen) atoms. The first kappa shape index (κ1) is 18.2. The molecule has 0 saturated heterocycles. The van der Waals surface area contributed by atoms with Crippen LogP contribution >= 0.6 is 0 Å². The predicted octanol–water partition coefficient (Wildman–Crippen LogP) is 3.14. The standard InChI is InChI=1S/C21H23N3O4/c1-21(2)10-14-8-17(25-3)18(26-4)9-15(14)20(23-21)24-22-11-13-5-6-16-19(7-13)28-12-27-16/h5-9,11H,10,12H2,1-4H3,(H,23,24)/b22-11+. The SMILES string of the molecule is COc1cc2c(cc1OC)C(N/N=C/c1ccc3c(c1)OCO3)=NC(C)(C)C2. The molecule has 0 fully saturated rings. The van der Waals surface area contributed by atoms with Crippen molar-refractivity contribution in [2.75, 3.05) is 21.0 Å². The molecule has 2 aromatic carbocycles. The van der Waals surface area contributed by atoms with Crippen molar-refractivity contribution < 1.29 is 18.9 Å². The second-order valence-corrected chi connectivity index (χ2v) is 7.30. The van der Waals surface area contributed by atoms with Gasteiger partial charge in [0.25, 0.3) is 0 Å². The average Bonchev–Trinajstić information content (AvgIpc) is 3.14. The zero-order chi connectivity index (χ0) is 19.7. The molecule has 2 heterocycles. The number of benzene rings is 2. The zero-order valence-corrected chi connectivity index (χ0v) is 16.4. The molecule has 1 N–H and O–H groups in total. The Morgan fingerprint density at radius 1 is 1.07 bits per heavy atom. The molecular weight excluding hydrogens is 358 g/mol. The number of hydrazone groups is 1. The number of rotatable bonds is 4. The van der Waals surface area contributed by atoms with Crippen molar-refractivity contribution in [3.8, 4) is 23.0 Å². The predicted molar refractivity (Wildman–Crippen MR) is 107 cm³/mol. The highest BCUT2D eigenvalue weighted by Crippen LogP contribution is 2.35. The van der Waals surface area contributed by atoms with Crippen LogP contribution in [0.1, 0.15) is 30.5 Å². The Morgan fingerprint density at radius 3 is 2.61 bits per heavy atom. The minimum Gasteiger partial charge on any atom is -0.493 e. The lowest BCUT2D eigenvalue weighted by molar-refractivity contribution is 0.174. The molecule has 7 nitrogen and oxygen atoms in total. The zero-order valence-electron chi connectivity index (χ0n) is 16.4. The van der Waals surface area contributed by atoms with E-state index in [1.54, 1.807) is 20.4 Å². The van der Waals surface area contributed by atoms with Crippen molar-refractivity contribution in [2.24, 2.45) is 10.1 Å². The summed E-state index contributed by atoms with van der Waals surface area (Å²) in [6, 6.07) is 9.63. The molecule has 0 radical (unpaired) electrons. The van der Waals surface area contributed by atoms with Crippen LogP contribution in [0, 0.1) is 0 Å². The maximum absolute atomic E-state index is 5.45. The lowest BCUT2D eigenvalue weighted by atomic mass is 9.88. The second kappa shape index (κ2) is 7.07. The largest absolute Gasteiger partial charge is 0.493 e. The molecule has 0 atom stereocenters. The van der Waals surface area contributed by atoms with Crippen LogP contribution in [0.3, 0.4) is 0 Å². The van der Waals surface area contributed by atoms with Crippen LogP contribution in [0.2, 0.25) is 0 Å². The van der Waals surface area contributed by atoms with E-state index in [-0.39, 0.29) is 12.3 Å². The van der Waals surface area contributed by atoms with E-state index >= 15 is 0 Å². The van der Waals surface area contributed by atoms with Gasteiger partial charge in [-0.1, -0.05) is 0 Å². The fraction of sp³-hybridized carbons (Fsp3) is 0.333. The van der Waals surface area contributed by atoms with Gasteiger partial charge < -0.3 is 18.9 Å². The number of nitrogens with zero attached hydrogens (tertiary/aromatic N) is 2. The molecule has 0 saturated carbocycles. The lowest BCUT2D eigenvalue weighted by Crippen LogP contribution is -2.34. The summed E-state index contributed by atoms with van der Waals surface area (Å²) < 4.78 is 21.6. The van der Waals surface area contributed by atoms with Gasteiger partial charge in [-0.15, -0.1) is 0 Å². The van der Waals surface area contributed by atoms with Gasteiger partial charge in [-0.05, 0) is 61.7 Å². The Kier molecular flexibility index (Phi) is 4.58. The number of ether oxygens (including phenoxy) is 4. The summed E-state index contributed by atoms with van der Waals surface area (Å²) in [5.74, 6) is 3.54. The number of nitrogens with one attached hydrogen (secondary N) is 1. The summed E-state index contributed by atoms with van der Waals surface area (Å²) in [5.41, 5.74) is 5.84. The van der Waals surface area contributed by atoms with Crippen LogP contribution in [0.25, 0.3) is 0 Å². The summed E-state index contributed by atoms with van der Waals surface area (Å²) >= 11 is 0. The van der Waals surface area contributed by atoms with E-state index in [0.717, 1.165) is 34.6 Å². The molecule has 2 aromatic rings. The minimum absolute atomic E-state index is 0.247. The van der Waals surface area contributed by atoms with E-state index in [2.05, 4.69) is 24.4 Å². The lowest BCUT2D eigenvalue weighted by Gasteiger charge is -2.29. The number of fused-ring (bicyclic) bond motifs is 2. The topological polar surface area (TPSA) is 73.7 Å². The summed E-state index contributed by atoms with van der Waals surface area (Å²) in [4.78, 5) is 4.83. The monoisotopic (exact) mass is 381 g/mol. The van der Waals surface area contributed by atoms with E-state index < -0.39 is 0 Å². The van der Waals surface area contributed by atoms with Crippen molar-refractivity contribution in [2.45, 2.75) is 25.8 Å². The first-order chi connectivity index (χ1) is 13.5. The molecule has 0 aromatic heterocycles. The maximum atomic E-state index is 5.45. The van der Waals surface area contributed by atoms with Crippen LogP contribution in [-0.4, -0.2) is 38.6 Å². The summed E-state index contributed by atoms with van der Waals surface area (Å²) in [7, 11) is 3.26. The van der Waals surface area contributed by atoms with Crippen molar-refractivity contribution >= 4 is 12.1 Å². The number of aliphatic imine (C=N–C) groups is 1.